The first kappa shape index (κ1) is 21.3. The number of nitrogens with zero attached hydrogens (tertiary/aromatic N) is 2. The maximum Gasteiger partial charge on any atom is 0.250 e. The van der Waals surface area contributed by atoms with Crippen LogP contribution in [0.2, 0.25) is 5.02 Å². The molecule has 8 heteroatoms. The van der Waals surface area contributed by atoms with Gasteiger partial charge in [0, 0.05) is 34.6 Å². The van der Waals surface area contributed by atoms with Gasteiger partial charge in [-0.1, -0.05) is 11.6 Å². The summed E-state index contributed by atoms with van der Waals surface area (Å²) in [6.45, 7) is 2.02. The number of hydrazone groups is 1. The Kier molecular flexibility index (Phi) is 7.66. The van der Waals surface area contributed by atoms with Crippen molar-refractivity contribution in [2.75, 3.05) is 38.0 Å². The van der Waals surface area contributed by atoms with E-state index in [1.165, 1.54) is 24.6 Å². The fraction of sp³-hybridized carbons (Fsp3) is 0.333. The van der Waals surface area contributed by atoms with Crippen molar-refractivity contribution in [3.63, 3.8) is 0 Å². The molecule has 1 fully saturated rings. The lowest BCUT2D eigenvalue weighted by atomic mass is 10.1. The molecule has 0 aromatic heterocycles. The predicted octanol–water partition coefficient (Wildman–Crippen LogP) is 4.20. The number of carbonyl (C=O) groups excluding carboxylic acids is 1. The van der Waals surface area contributed by atoms with E-state index in [0.29, 0.717) is 10.8 Å². The van der Waals surface area contributed by atoms with Crippen molar-refractivity contribution in [3.05, 3.63) is 47.0 Å². The first-order valence-corrected chi connectivity index (χ1v) is 10.7. The third-order valence-corrected chi connectivity index (χ3v) is 5.82. The quantitative estimate of drug-likeness (QED) is 0.384. The molecule has 0 aliphatic carbocycles. The molecule has 1 amide bonds. The Hall–Kier alpha value is -2.38. The maximum absolute atomic E-state index is 12.0. The number of thioether (sulfide) groups is 1. The Balaban J connectivity index is 1.62. The van der Waals surface area contributed by atoms with Gasteiger partial charge in [-0.05, 0) is 43.2 Å². The number of carbonyl (C=O) groups is 1. The molecule has 1 N–H and O–H groups in total. The molecule has 1 heterocycles. The van der Waals surface area contributed by atoms with E-state index in [2.05, 4.69) is 15.4 Å². The lowest BCUT2D eigenvalue weighted by Gasteiger charge is -2.22. The van der Waals surface area contributed by atoms with Crippen molar-refractivity contribution < 1.29 is 14.3 Å². The van der Waals surface area contributed by atoms with Crippen LogP contribution in [-0.2, 0) is 4.79 Å². The van der Waals surface area contributed by atoms with E-state index in [-0.39, 0.29) is 11.7 Å². The fourth-order valence-electron chi connectivity index (χ4n) is 3.10. The Morgan fingerprint density at radius 2 is 1.86 bits per heavy atom. The van der Waals surface area contributed by atoms with E-state index < -0.39 is 0 Å². The highest BCUT2D eigenvalue weighted by atomic mass is 35.5. The Labute approximate surface area is 180 Å². The zero-order chi connectivity index (χ0) is 20.6. The number of methoxy groups -OCH3 is 2. The number of nitrogens with one attached hydrogen (secondary N) is 1. The summed E-state index contributed by atoms with van der Waals surface area (Å²) in [5.41, 5.74) is 4.30. The fourth-order valence-corrected chi connectivity index (χ4v) is 3.91. The maximum atomic E-state index is 12.0. The van der Waals surface area contributed by atoms with Gasteiger partial charge in [0.25, 0.3) is 0 Å². The monoisotopic (exact) mass is 433 g/mol. The zero-order valence-electron chi connectivity index (χ0n) is 16.5. The summed E-state index contributed by atoms with van der Waals surface area (Å²) < 4.78 is 11.1. The van der Waals surface area contributed by atoms with Gasteiger partial charge in [0.15, 0.2) is 0 Å². The average Bonchev–Trinajstić information content (AvgIpc) is 3.27. The third-order valence-electron chi connectivity index (χ3n) is 4.55. The second kappa shape index (κ2) is 10.4. The molecule has 1 saturated heterocycles. The van der Waals surface area contributed by atoms with Gasteiger partial charge in [-0.25, -0.2) is 5.43 Å². The van der Waals surface area contributed by atoms with E-state index in [1.54, 1.807) is 32.6 Å². The summed E-state index contributed by atoms with van der Waals surface area (Å²) in [4.78, 5) is 15.3. The number of ether oxygens (including phenoxy) is 2. The molecule has 0 saturated carbocycles. The second-order valence-corrected chi connectivity index (χ2v) is 7.98. The zero-order valence-corrected chi connectivity index (χ0v) is 18.1. The van der Waals surface area contributed by atoms with E-state index in [9.17, 15) is 4.79 Å². The number of anilines is 1. The Bertz CT molecular complexity index is 868. The van der Waals surface area contributed by atoms with E-state index in [1.807, 2.05) is 24.3 Å². The number of halogens is 1. The molecule has 3 rings (SSSR count). The smallest absolute Gasteiger partial charge is 0.250 e. The summed E-state index contributed by atoms with van der Waals surface area (Å²) in [6, 6.07) is 11.2. The predicted molar refractivity (Wildman–Crippen MR) is 119 cm³/mol. The summed E-state index contributed by atoms with van der Waals surface area (Å²) in [5, 5.41) is 4.74. The van der Waals surface area contributed by atoms with Crippen LogP contribution in [0.15, 0.2) is 46.4 Å². The van der Waals surface area contributed by atoms with Gasteiger partial charge < -0.3 is 14.4 Å². The average molecular weight is 434 g/mol. The van der Waals surface area contributed by atoms with Crippen molar-refractivity contribution in [2.45, 2.75) is 17.7 Å². The number of hydrogen-bond acceptors (Lipinski definition) is 6. The molecule has 0 unspecified atom stereocenters. The molecule has 2 aromatic rings. The van der Waals surface area contributed by atoms with Gasteiger partial charge in [0.1, 0.15) is 11.5 Å². The van der Waals surface area contributed by atoms with Gasteiger partial charge in [-0.3, -0.25) is 4.79 Å². The van der Waals surface area contributed by atoms with Crippen LogP contribution in [0, 0.1) is 0 Å². The highest BCUT2D eigenvalue weighted by molar-refractivity contribution is 8.00. The Morgan fingerprint density at radius 3 is 2.52 bits per heavy atom. The van der Waals surface area contributed by atoms with Crippen molar-refractivity contribution >= 4 is 41.2 Å². The lowest BCUT2D eigenvalue weighted by Crippen LogP contribution is -2.20. The van der Waals surface area contributed by atoms with Crippen LogP contribution in [0.4, 0.5) is 5.69 Å². The standard InChI is InChI=1S/C21H24ClN3O3S/c1-27-19-12-18(25-9-3-4-10-25)20(28-2)11-15(19)13-23-24-21(26)14-29-17-7-5-16(22)6-8-17/h5-8,11-13H,3-4,9-10,14H2,1-2H3,(H,24,26)/b23-13-. The lowest BCUT2D eigenvalue weighted by molar-refractivity contribution is -0.118. The minimum Gasteiger partial charge on any atom is -0.496 e. The van der Waals surface area contributed by atoms with Crippen molar-refractivity contribution in [1.29, 1.82) is 0 Å². The number of rotatable bonds is 8. The SMILES string of the molecule is COc1cc(N2CCCC2)c(OC)cc1/C=N\NC(=O)CSc1ccc(Cl)cc1. The minimum atomic E-state index is -0.194. The third kappa shape index (κ3) is 5.81. The molecule has 1 aliphatic rings. The molecule has 0 spiro atoms. The van der Waals surface area contributed by atoms with E-state index in [4.69, 9.17) is 21.1 Å². The molecule has 0 atom stereocenters. The molecule has 154 valence electrons. The molecule has 2 aromatic carbocycles. The van der Waals surface area contributed by atoms with Crippen LogP contribution in [0.1, 0.15) is 18.4 Å². The van der Waals surface area contributed by atoms with Crippen LogP contribution in [0.5, 0.6) is 11.5 Å². The van der Waals surface area contributed by atoms with Gasteiger partial charge >= 0.3 is 0 Å². The van der Waals surface area contributed by atoms with Crippen LogP contribution >= 0.6 is 23.4 Å². The number of hydrogen-bond donors (Lipinski definition) is 1. The highest BCUT2D eigenvalue weighted by Gasteiger charge is 2.19. The van der Waals surface area contributed by atoms with Gasteiger partial charge in [-0.15, -0.1) is 11.8 Å². The molecule has 1 aliphatic heterocycles. The van der Waals surface area contributed by atoms with Crippen LogP contribution in [0.3, 0.4) is 0 Å². The largest absolute Gasteiger partial charge is 0.496 e. The van der Waals surface area contributed by atoms with E-state index >= 15 is 0 Å². The topological polar surface area (TPSA) is 63.2 Å². The second-order valence-electron chi connectivity index (χ2n) is 6.50. The minimum absolute atomic E-state index is 0.194. The first-order chi connectivity index (χ1) is 14.1. The van der Waals surface area contributed by atoms with Crippen LogP contribution in [-0.4, -0.2) is 45.2 Å². The van der Waals surface area contributed by atoms with Crippen molar-refractivity contribution in [1.82, 2.24) is 5.43 Å². The Morgan fingerprint density at radius 1 is 1.17 bits per heavy atom. The van der Waals surface area contributed by atoms with Crippen LogP contribution < -0.4 is 19.8 Å². The van der Waals surface area contributed by atoms with Crippen molar-refractivity contribution in [2.24, 2.45) is 5.10 Å². The van der Waals surface area contributed by atoms with E-state index in [0.717, 1.165) is 35.0 Å². The summed E-state index contributed by atoms with van der Waals surface area (Å²) >= 11 is 7.28. The van der Waals surface area contributed by atoms with Crippen molar-refractivity contribution in [3.8, 4) is 11.5 Å². The normalized spacial score (nSPS) is 13.7. The highest BCUT2D eigenvalue weighted by Crippen LogP contribution is 2.36. The molecular formula is C21H24ClN3O3S. The molecule has 6 nitrogen and oxygen atoms in total. The number of amides is 1. The molecule has 29 heavy (non-hydrogen) atoms. The summed E-state index contributed by atoms with van der Waals surface area (Å²) in [6.07, 6.45) is 3.92. The first-order valence-electron chi connectivity index (χ1n) is 9.32. The summed E-state index contributed by atoms with van der Waals surface area (Å²) in [7, 11) is 3.27. The number of benzene rings is 2. The molecular weight excluding hydrogens is 410 g/mol. The van der Waals surface area contributed by atoms with Gasteiger partial charge in [0.2, 0.25) is 5.91 Å². The molecule has 0 radical (unpaired) electrons. The van der Waals surface area contributed by atoms with Gasteiger partial charge in [-0.2, -0.15) is 5.10 Å². The molecule has 0 bridgehead atoms. The summed E-state index contributed by atoms with van der Waals surface area (Å²) in [5.74, 6) is 1.51. The van der Waals surface area contributed by atoms with Gasteiger partial charge in [0.05, 0.1) is 31.9 Å². The van der Waals surface area contributed by atoms with Crippen LogP contribution in [0.25, 0.3) is 0 Å².